The van der Waals surface area contributed by atoms with Gasteiger partial charge < -0.3 is 0 Å². The Bertz CT molecular complexity index is 120. The Balaban J connectivity index is 2.39. The first-order valence-electron chi connectivity index (χ1n) is 3.90. The van der Waals surface area contributed by atoms with E-state index in [2.05, 4.69) is 6.92 Å². The highest BCUT2D eigenvalue weighted by atomic mass is 19.4. The third-order valence-corrected chi connectivity index (χ3v) is 2.31. The first kappa shape index (κ1) is 8.88. The maximum absolute atomic E-state index is 12.0. The van der Waals surface area contributed by atoms with Gasteiger partial charge in [-0.15, -0.1) is 0 Å². The van der Waals surface area contributed by atoms with E-state index in [1.54, 1.807) is 0 Å². The van der Waals surface area contributed by atoms with E-state index < -0.39 is 12.1 Å². The highest BCUT2D eigenvalue weighted by molar-refractivity contribution is 4.77. The summed E-state index contributed by atoms with van der Waals surface area (Å²) in [5.74, 6) is -0.811. The van der Waals surface area contributed by atoms with E-state index in [1.807, 2.05) is 0 Å². The zero-order chi connectivity index (χ0) is 8.48. The molecule has 0 nitrogen and oxygen atoms in total. The highest BCUT2D eigenvalue weighted by Crippen LogP contribution is 2.38. The van der Waals surface area contributed by atoms with Crippen molar-refractivity contribution >= 4 is 0 Å². The van der Waals surface area contributed by atoms with Crippen molar-refractivity contribution in [3.05, 3.63) is 6.92 Å². The average Bonchev–Trinajstić information content (AvgIpc) is 1.86. The Labute approximate surface area is 64.8 Å². The van der Waals surface area contributed by atoms with Crippen molar-refractivity contribution in [3.63, 3.8) is 0 Å². The third-order valence-electron chi connectivity index (χ3n) is 2.31. The molecule has 65 valence electrons. The molecule has 0 N–H and O–H groups in total. The molecule has 0 atom stereocenters. The van der Waals surface area contributed by atoms with Crippen LogP contribution in [0.25, 0.3) is 0 Å². The van der Waals surface area contributed by atoms with Gasteiger partial charge in [0, 0.05) is 0 Å². The Morgan fingerprint density at radius 3 is 1.82 bits per heavy atom. The van der Waals surface area contributed by atoms with Gasteiger partial charge in [0.2, 0.25) is 0 Å². The fourth-order valence-electron chi connectivity index (χ4n) is 1.49. The van der Waals surface area contributed by atoms with Crippen LogP contribution in [-0.2, 0) is 0 Å². The van der Waals surface area contributed by atoms with Crippen molar-refractivity contribution in [3.8, 4) is 0 Å². The normalized spacial score (nSPS) is 33.8. The minimum Gasteiger partial charge on any atom is -0.171 e. The van der Waals surface area contributed by atoms with Crippen LogP contribution in [-0.4, -0.2) is 6.18 Å². The van der Waals surface area contributed by atoms with Crippen molar-refractivity contribution < 1.29 is 13.2 Å². The first-order chi connectivity index (χ1) is 5.00. The van der Waals surface area contributed by atoms with Crippen LogP contribution in [0.15, 0.2) is 0 Å². The topological polar surface area (TPSA) is 0 Å². The molecule has 0 aromatic rings. The molecule has 0 aromatic carbocycles. The molecule has 0 heterocycles. The standard InChI is InChI=1S/C8H12F3/c1-6-2-4-7(5-3-6)8(9,10)11/h6-7H,1-5H2/t6-,7+. The summed E-state index contributed by atoms with van der Waals surface area (Å²) in [5, 5.41) is 0. The van der Waals surface area contributed by atoms with E-state index in [4.69, 9.17) is 0 Å². The van der Waals surface area contributed by atoms with Crippen LogP contribution in [0.1, 0.15) is 25.7 Å². The van der Waals surface area contributed by atoms with Gasteiger partial charge in [0.05, 0.1) is 5.92 Å². The van der Waals surface area contributed by atoms with Crippen molar-refractivity contribution in [2.24, 2.45) is 11.8 Å². The molecule has 0 aliphatic heterocycles. The van der Waals surface area contributed by atoms with Crippen LogP contribution >= 0.6 is 0 Å². The van der Waals surface area contributed by atoms with Gasteiger partial charge in [0.25, 0.3) is 0 Å². The Hall–Kier alpha value is -0.210. The third kappa shape index (κ3) is 2.38. The predicted octanol–water partition coefficient (Wildman–Crippen LogP) is 3.19. The maximum atomic E-state index is 12.0. The molecule has 1 radical (unpaired) electrons. The molecular weight excluding hydrogens is 153 g/mol. The largest absolute Gasteiger partial charge is 0.391 e. The summed E-state index contributed by atoms with van der Waals surface area (Å²) in [6.07, 6.45) is -2.16. The van der Waals surface area contributed by atoms with Crippen molar-refractivity contribution in [1.29, 1.82) is 0 Å². The quantitative estimate of drug-likeness (QED) is 0.517. The van der Waals surface area contributed by atoms with Gasteiger partial charge in [-0.05, 0) is 31.6 Å². The predicted molar refractivity (Wildman–Crippen MR) is 36.9 cm³/mol. The van der Waals surface area contributed by atoms with Crippen LogP contribution in [0, 0.1) is 18.8 Å². The van der Waals surface area contributed by atoms with Gasteiger partial charge >= 0.3 is 6.18 Å². The van der Waals surface area contributed by atoms with Crippen LogP contribution in [0.2, 0.25) is 0 Å². The zero-order valence-electron chi connectivity index (χ0n) is 6.32. The Morgan fingerprint density at radius 2 is 1.45 bits per heavy atom. The molecule has 1 saturated carbocycles. The van der Waals surface area contributed by atoms with Crippen LogP contribution < -0.4 is 0 Å². The molecule has 1 fully saturated rings. The molecule has 1 aliphatic carbocycles. The molecule has 0 amide bonds. The summed E-state index contributed by atoms with van der Waals surface area (Å²) in [7, 11) is 0. The number of hydrogen-bond donors (Lipinski definition) is 0. The summed E-state index contributed by atoms with van der Waals surface area (Å²) in [5.41, 5.74) is 0. The number of halogens is 3. The molecular formula is C8H12F3. The van der Waals surface area contributed by atoms with E-state index >= 15 is 0 Å². The molecule has 11 heavy (non-hydrogen) atoms. The zero-order valence-corrected chi connectivity index (χ0v) is 6.32. The second-order valence-electron chi connectivity index (χ2n) is 3.26. The fraction of sp³-hybridized carbons (Fsp3) is 0.875. The van der Waals surface area contributed by atoms with E-state index in [-0.39, 0.29) is 18.8 Å². The number of alkyl halides is 3. The van der Waals surface area contributed by atoms with Gasteiger partial charge in [0.1, 0.15) is 0 Å². The highest BCUT2D eigenvalue weighted by Gasteiger charge is 2.40. The summed E-state index contributed by atoms with van der Waals surface area (Å²) < 4.78 is 36.1. The Kier molecular flexibility index (Phi) is 2.45. The van der Waals surface area contributed by atoms with Crippen molar-refractivity contribution in [2.75, 3.05) is 0 Å². The van der Waals surface area contributed by atoms with Gasteiger partial charge in [-0.2, -0.15) is 13.2 Å². The molecule has 0 aromatic heterocycles. The summed E-state index contributed by atoms with van der Waals surface area (Å²) >= 11 is 0. The summed E-state index contributed by atoms with van der Waals surface area (Å²) in [4.78, 5) is 0. The second-order valence-corrected chi connectivity index (χ2v) is 3.26. The van der Waals surface area contributed by atoms with Crippen LogP contribution in [0.3, 0.4) is 0 Å². The van der Waals surface area contributed by atoms with Crippen molar-refractivity contribution in [2.45, 2.75) is 31.9 Å². The lowest BCUT2D eigenvalue weighted by Gasteiger charge is -2.27. The van der Waals surface area contributed by atoms with E-state index in [1.165, 1.54) is 0 Å². The van der Waals surface area contributed by atoms with Crippen LogP contribution in [0.4, 0.5) is 13.2 Å². The number of rotatable bonds is 0. The molecule has 1 aliphatic rings. The molecule has 0 saturated heterocycles. The molecule has 0 spiro atoms. The van der Waals surface area contributed by atoms with Gasteiger partial charge in [0.15, 0.2) is 0 Å². The van der Waals surface area contributed by atoms with Gasteiger partial charge in [-0.3, -0.25) is 0 Å². The first-order valence-corrected chi connectivity index (χ1v) is 3.90. The SMILES string of the molecule is [CH2][C@H]1CC[C@@H](C(F)(F)F)CC1. The lowest BCUT2D eigenvalue weighted by atomic mass is 9.83. The summed E-state index contributed by atoms with van der Waals surface area (Å²) in [6.45, 7) is 3.75. The van der Waals surface area contributed by atoms with Gasteiger partial charge in [-0.25, -0.2) is 0 Å². The monoisotopic (exact) mass is 165 g/mol. The smallest absolute Gasteiger partial charge is 0.171 e. The number of hydrogen-bond acceptors (Lipinski definition) is 0. The van der Waals surface area contributed by atoms with Gasteiger partial charge in [-0.1, -0.05) is 6.92 Å². The molecule has 3 heteroatoms. The van der Waals surface area contributed by atoms with E-state index in [0.717, 1.165) is 0 Å². The lowest BCUT2D eigenvalue weighted by molar-refractivity contribution is -0.183. The fourth-order valence-corrected chi connectivity index (χ4v) is 1.49. The summed E-state index contributed by atoms with van der Waals surface area (Å²) in [6, 6.07) is 0. The average molecular weight is 165 g/mol. The Morgan fingerprint density at radius 1 is 1.00 bits per heavy atom. The van der Waals surface area contributed by atoms with E-state index in [0.29, 0.717) is 12.8 Å². The van der Waals surface area contributed by atoms with E-state index in [9.17, 15) is 13.2 Å². The molecule has 1 rings (SSSR count). The van der Waals surface area contributed by atoms with Crippen molar-refractivity contribution in [1.82, 2.24) is 0 Å². The van der Waals surface area contributed by atoms with Crippen LogP contribution in [0.5, 0.6) is 0 Å². The molecule has 0 bridgehead atoms. The minimum absolute atomic E-state index is 0.244. The molecule has 0 unspecified atom stereocenters. The minimum atomic E-state index is -3.97. The lowest BCUT2D eigenvalue weighted by Crippen LogP contribution is -2.27. The second kappa shape index (κ2) is 3.03. The maximum Gasteiger partial charge on any atom is 0.391 e.